The fourth-order valence-electron chi connectivity index (χ4n) is 3.75. The molecular weight excluding hydrogens is 286 g/mol. The topological polar surface area (TPSA) is 59.2 Å². The van der Waals surface area contributed by atoms with Gasteiger partial charge in [0.05, 0.1) is 6.04 Å². The monoisotopic (exact) mass is 309 g/mol. The number of hydrogen-bond donors (Lipinski definition) is 1. The Bertz CT molecular complexity index is 474. The van der Waals surface area contributed by atoms with Crippen molar-refractivity contribution in [1.82, 2.24) is 9.88 Å². The fourth-order valence-corrected chi connectivity index (χ4v) is 3.75. The van der Waals surface area contributed by atoms with Gasteiger partial charge in [-0.2, -0.15) is 0 Å². The van der Waals surface area contributed by atoms with E-state index in [2.05, 4.69) is 4.98 Å². The molecule has 2 fully saturated rings. The lowest BCUT2D eigenvalue weighted by molar-refractivity contribution is -0.131. The Balaban J connectivity index is 0.00000161. The average Bonchev–Trinajstić information content (AvgIpc) is 3.10. The Morgan fingerprint density at radius 2 is 1.95 bits per heavy atom. The summed E-state index contributed by atoms with van der Waals surface area (Å²) in [4.78, 5) is 18.5. The summed E-state index contributed by atoms with van der Waals surface area (Å²) in [7, 11) is 0. The molecule has 1 spiro atoms. The zero-order chi connectivity index (χ0) is 14.0. The van der Waals surface area contributed by atoms with Crippen LogP contribution < -0.4 is 5.73 Å². The van der Waals surface area contributed by atoms with Gasteiger partial charge in [0.1, 0.15) is 0 Å². The number of likely N-dealkylation sites (tertiary alicyclic amines) is 1. The molecule has 0 aromatic carbocycles. The van der Waals surface area contributed by atoms with Crippen LogP contribution in [0.1, 0.15) is 37.7 Å². The first-order valence-electron chi connectivity index (χ1n) is 7.62. The Labute approximate surface area is 132 Å². The summed E-state index contributed by atoms with van der Waals surface area (Å²) in [6.45, 7) is 1.82. The van der Waals surface area contributed by atoms with E-state index in [1.54, 1.807) is 12.4 Å². The summed E-state index contributed by atoms with van der Waals surface area (Å²) in [5.74, 6) is 0.116. The average molecular weight is 310 g/mol. The number of nitrogens with two attached hydrogens (primary N) is 1. The van der Waals surface area contributed by atoms with Gasteiger partial charge in [-0.1, -0.05) is 12.8 Å². The van der Waals surface area contributed by atoms with Gasteiger partial charge < -0.3 is 10.6 Å². The molecule has 1 saturated carbocycles. The first-order valence-corrected chi connectivity index (χ1v) is 7.62. The third kappa shape index (κ3) is 3.55. The molecule has 3 rings (SSSR count). The second-order valence-electron chi connectivity index (χ2n) is 6.38. The van der Waals surface area contributed by atoms with Crippen LogP contribution in [0.5, 0.6) is 0 Å². The number of carbonyl (C=O) groups is 1. The van der Waals surface area contributed by atoms with E-state index >= 15 is 0 Å². The van der Waals surface area contributed by atoms with E-state index in [0.717, 1.165) is 18.7 Å². The smallest absolute Gasteiger partial charge is 0.239 e. The van der Waals surface area contributed by atoms with Crippen molar-refractivity contribution in [2.45, 2.75) is 44.6 Å². The molecule has 2 N–H and O–H groups in total. The lowest BCUT2D eigenvalue weighted by Gasteiger charge is -2.25. The minimum Gasteiger partial charge on any atom is -0.341 e. The molecule has 1 atom stereocenters. The number of rotatable bonds is 3. The van der Waals surface area contributed by atoms with Gasteiger partial charge in [-0.25, -0.2) is 0 Å². The van der Waals surface area contributed by atoms with Gasteiger partial charge >= 0.3 is 0 Å². The fraction of sp³-hybridized carbons (Fsp3) is 0.625. The van der Waals surface area contributed by atoms with Gasteiger partial charge in [0.2, 0.25) is 5.91 Å². The highest BCUT2D eigenvalue weighted by Crippen LogP contribution is 2.45. The number of nitrogens with zero attached hydrogens (tertiary/aromatic N) is 2. The zero-order valence-corrected chi connectivity index (χ0v) is 13.1. The van der Waals surface area contributed by atoms with Crippen LogP contribution >= 0.6 is 12.4 Å². The van der Waals surface area contributed by atoms with Gasteiger partial charge in [0, 0.05) is 25.5 Å². The highest BCUT2D eigenvalue weighted by Gasteiger charge is 2.42. The van der Waals surface area contributed by atoms with Crippen LogP contribution in [0.3, 0.4) is 0 Å². The van der Waals surface area contributed by atoms with Crippen molar-refractivity contribution in [3.05, 3.63) is 30.1 Å². The van der Waals surface area contributed by atoms with Gasteiger partial charge in [0.15, 0.2) is 0 Å². The van der Waals surface area contributed by atoms with Crippen molar-refractivity contribution in [3.63, 3.8) is 0 Å². The van der Waals surface area contributed by atoms with Gasteiger partial charge in [-0.05, 0) is 48.8 Å². The minimum absolute atomic E-state index is 0. The Kier molecular flexibility index (Phi) is 5.22. The van der Waals surface area contributed by atoms with Crippen molar-refractivity contribution in [1.29, 1.82) is 0 Å². The Hall–Kier alpha value is -1.13. The third-order valence-corrected chi connectivity index (χ3v) is 4.94. The molecule has 1 saturated heterocycles. The maximum atomic E-state index is 12.5. The second kappa shape index (κ2) is 6.75. The molecule has 116 valence electrons. The number of carbonyl (C=O) groups excluding carboxylic acids is 1. The van der Waals surface area contributed by atoms with E-state index in [1.807, 2.05) is 17.0 Å². The molecule has 1 aliphatic heterocycles. The van der Waals surface area contributed by atoms with Crippen molar-refractivity contribution in [2.24, 2.45) is 11.1 Å². The van der Waals surface area contributed by atoms with Crippen LogP contribution in [0.15, 0.2) is 24.5 Å². The minimum atomic E-state index is -0.422. The van der Waals surface area contributed by atoms with Gasteiger partial charge in [-0.15, -0.1) is 12.4 Å². The number of amides is 1. The summed E-state index contributed by atoms with van der Waals surface area (Å²) in [6.07, 6.45) is 10.5. The molecule has 2 heterocycles. The molecule has 1 aromatic heterocycles. The van der Waals surface area contributed by atoms with E-state index in [-0.39, 0.29) is 18.3 Å². The van der Waals surface area contributed by atoms with E-state index in [1.165, 1.54) is 32.1 Å². The number of aromatic nitrogens is 1. The first-order chi connectivity index (χ1) is 9.69. The highest BCUT2D eigenvalue weighted by atomic mass is 35.5. The van der Waals surface area contributed by atoms with Crippen molar-refractivity contribution in [2.75, 3.05) is 13.1 Å². The van der Waals surface area contributed by atoms with Gasteiger partial charge in [0.25, 0.3) is 0 Å². The molecule has 0 unspecified atom stereocenters. The summed E-state index contributed by atoms with van der Waals surface area (Å²) >= 11 is 0. The van der Waals surface area contributed by atoms with E-state index in [4.69, 9.17) is 5.73 Å². The molecule has 0 radical (unpaired) electrons. The maximum Gasteiger partial charge on any atom is 0.239 e. The molecule has 4 nitrogen and oxygen atoms in total. The molecule has 2 aliphatic rings. The molecule has 1 amide bonds. The molecule has 0 bridgehead atoms. The van der Waals surface area contributed by atoms with Crippen LogP contribution in [0.25, 0.3) is 0 Å². The Morgan fingerprint density at radius 1 is 1.29 bits per heavy atom. The lowest BCUT2D eigenvalue weighted by atomic mass is 9.86. The molecule has 1 aliphatic carbocycles. The van der Waals surface area contributed by atoms with Gasteiger partial charge in [-0.3, -0.25) is 9.78 Å². The van der Waals surface area contributed by atoms with Crippen molar-refractivity contribution >= 4 is 18.3 Å². The predicted octanol–water partition coefficient (Wildman–Crippen LogP) is 2.17. The predicted molar refractivity (Wildman–Crippen MR) is 85.3 cm³/mol. The highest BCUT2D eigenvalue weighted by molar-refractivity contribution is 5.85. The van der Waals surface area contributed by atoms with E-state index in [0.29, 0.717) is 11.8 Å². The van der Waals surface area contributed by atoms with Crippen LogP contribution in [0.4, 0.5) is 0 Å². The summed E-state index contributed by atoms with van der Waals surface area (Å²) in [5, 5.41) is 0. The standard InChI is InChI=1S/C16H23N3O.ClH/c17-14(11-13-3-8-18-9-4-13)15(20)19-10-7-16(12-19)5-1-2-6-16;/h3-4,8-9,14H,1-2,5-7,10-12,17H2;1H/t14-;/m0./s1. The second-order valence-corrected chi connectivity index (χ2v) is 6.38. The summed E-state index contributed by atoms with van der Waals surface area (Å²) in [6, 6.07) is 3.43. The lowest BCUT2D eigenvalue weighted by Crippen LogP contribution is -2.44. The maximum absolute atomic E-state index is 12.5. The Morgan fingerprint density at radius 3 is 2.62 bits per heavy atom. The largest absolute Gasteiger partial charge is 0.341 e. The first kappa shape index (κ1) is 16.2. The molecule has 5 heteroatoms. The van der Waals surface area contributed by atoms with E-state index < -0.39 is 6.04 Å². The third-order valence-electron chi connectivity index (χ3n) is 4.94. The van der Waals surface area contributed by atoms with Crippen LogP contribution in [0, 0.1) is 5.41 Å². The number of halogens is 1. The molecular formula is C16H24ClN3O. The number of pyridine rings is 1. The molecule has 1 aromatic rings. The summed E-state index contributed by atoms with van der Waals surface area (Å²) < 4.78 is 0. The summed E-state index contributed by atoms with van der Waals surface area (Å²) in [5.41, 5.74) is 7.61. The number of hydrogen-bond acceptors (Lipinski definition) is 3. The van der Waals surface area contributed by atoms with Crippen LogP contribution in [-0.4, -0.2) is 34.9 Å². The normalized spacial score (nSPS) is 21.3. The van der Waals surface area contributed by atoms with Crippen LogP contribution in [0.2, 0.25) is 0 Å². The quantitative estimate of drug-likeness (QED) is 0.931. The van der Waals surface area contributed by atoms with Crippen molar-refractivity contribution < 1.29 is 4.79 Å². The SMILES string of the molecule is Cl.N[C@@H](Cc1ccncc1)C(=O)N1CCC2(CCCC2)C1. The van der Waals surface area contributed by atoms with E-state index in [9.17, 15) is 4.79 Å². The zero-order valence-electron chi connectivity index (χ0n) is 12.3. The molecule has 21 heavy (non-hydrogen) atoms. The van der Waals surface area contributed by atoms with Crippen molar-refractivity contribution in [3.8, 4) is 0 Å². The van der Waals surface area contributed by atoms with Crippen LogP contribution in [-0.2, 0) is 11.2 Å².